The molecule has 88 valence electrons. The van der Waals surface area contributed by atoms with E-state index in [9.17, 15) is 0 Å². The Labute approximate surface area is 96.2 Å². The third-order valence-corrected chi connectivity index (χ3v) is 4.36. The first-order valence-electron chi connectivity index (χ1n) is 6.67. The summed E-state index contributed by atoms with van der Waals surface area (Å²) in [5, 5.41) is 0. The summed E-state index contributed by atoms with van der Waals surface area (Å²) in [6.45, 7) is 13.5. The van der Waals surface area contributed by atoms with Crippen molar-refractivity contribution in [2.45, 2.75) is 53.4 Å². The smallest absolute Gasteiger partial charge is 0.0322 e. The summed E-state index contributed by atoms with van der Waals surface area (Å²) in [7, 11) is 0. The minimum Gasteiger partial charge on any atom is -0.103 e. The van der Waals surface area contributed by atoms with Gasteiger partial charge in [-0.05, 0) is 55.3 Å². The maximum absolute atomic E-state index is 3.90. The van der Waals surface area contributed by atoms with Crippen molar-refractivity contribution in [2.24, 2.45) is 29.6 Å². The molecule has 0 N–H and O–H groups in total. The summed E-state index contributed by atoms with van der Waals surface area (Å²) >= 11 is 0. The standard InChI is InChI=1S/C15H28/c1-6-7-13-8-9-14(11(2)3)10-15(13)12(4)5/h6,11-15H,1,7-10H2,2-5H3. The Bertz CT molecular complexity index is 190. The zero-order valence-electron chi connectivity index (χ0n) is 11.0. The van der Waals surface area contributed by atoms with E-state index in [0.717, 1.165) is 29.6 Å². The van der Waals surface area contributed by atoms with Crippen molar-refractivity contribution in [3.8, 4) is 0 Å². The van der Waals surface area contributed by atoms with Crippen LogP contribution in [0.15, 0.2) is 12.7 Å². The molecule has 1 rings (SSSR count). The molecule has 0 heterocycles. The largest absolute Gasteiger partial charge is 0.103 e. The molecule has 0 radical (unpaired) electrons. The van der Waals surface area contributed by atoms with Crippen molar-refractivity contribution in [2.75, 3.05) is 0 Å². The first-order valence-corrected chi connectivity index (χ1v) is 6.67. The first-order chi connectivity index (χ1) is 7.06. The molecule has 1 saturated carbocycles. The maximum Gasteiger partial charge on any atom is -0.0322 e. The highest BCUT2D eigenvalue weighted by Gasteiger charge is 2.32. The predicted octanol–water partition coefficient (Wildman–Crippen LogP) is 4.91. The predicted molar refractivity (Wildman–Crippen MR) is 68.8 cm³/mol. The van der Waals surface area contributed by atoms with Crippen LogP contribution in [0.1, 0.15) is 53.4 Å². The molecule has 0 saturated heterocycles. The average molecular weight is 208 g/mol. The van der Waals surface area contributed by atoms with Crippen molar-refractivity contribution in [3.63, 3.8) is 0 Å². The minimum atomic E-state index is 0.844. The lowest BCUT2D eigenvalue weighted by molar-refractivity contribution is 0.113. The molecule has 1 aliphatic carbocycles. The van der Waals surface area contributed by atoms with Crippen molar-refractivity contribution in [3.05, 3.63) is 12.7 Å². The van der Waals surface area contributed by atoms with Gasteiger partial charge in [-0.3, -0.25) is 0 Å². The van der Waals surface area contributed by atoms with E-state index in [4.69, 9.17) is 0 Å². The van der Waals surface area contributed by atoms with E-state index in [2.05, 4.69) is 40.3 Å². The fourth-order valence-corrected chi connectivity index (χ4v) is 3.23. The van der Waals surface area contributed by atoms with Gasteiger partial charge in [-0.25, -0.2) is 0 Å². The van der Waals surface area contributed by atoms with Crippen molar-refractivity contribution < 1.29 is 0 Å². The van der Waals surface area contributed by atoms with Crippen molar-refractivity contribution >= 4 is 0 Å². The molecule has 0 aliphatic heterocycles. The highest BCUT2D eigenvalue weighted by molar-refractivity contribution is 4.86. The third kappa shape index (κ3) is 3.36. The van der Waals surface area contributed by atoms with Crippen molar-refractivity contribution in [1.82, 2.24) is 0 Å². The zero-order valence-corrected chi connectivity index (χ0v) is 11.0. The van der Waals surface area contributed by atoms with E-state index in [1.165, 1.54) is 25.7 Å². The van der Waals surface area contributed by atoms with Gasteiger partial charge in [-0.15, -0.1) is 6.58 Å². The molecule has 1 aliphatic rings. The summed E-state index contributed by atoms with van der Waals surface area (Å²) < 4.78 is 0. The normalized spacial score (nSPS) is 32.3. The molecular weight excluding hydrogens is 180 g/mol. The fraction of sp³-hybridized carbons (Fsp3) is 0.867. The van der Waals surface area contributed by atoms with Gasteiger partial charge in [0.15, 0.2) is 0 Å². The molecule has 0 aromatic rings. The lowest BCUT2D eigenvalue weighted by atomic mass is 9.66. The van der Waals surface area contributed by atoms with Crippen LogP contribution in [0.4, 0.5) is 0 Å². The number of rotatable bonds is 4. The average Bonchev–Trinajstić information content (AvgIpc) is 2.18. The van der Waals surface area contributed by atoms with E-state index in [0.29, 0.717) is 0 Å². The quantitative estimate of drug-likeness (QED) is 0.576. The number of allylic oxidation sites excluding steroid dienone is 1. The van der Waals surface area contributed by atoms with E-state index < -0.39 is 0 Å². The van der Waals surface area contributed by atoms with Gasteiger partial charge >= 0.3 is 0 Å². The Morgan fingerprint density at radius 3 is 2.27 bits per heavy atom. The Morgan fingerprint density at radius 1 is 1.13 bits per heavy atom. The van der Waals surface area contributed by atoms with Gasteiger partial charge in [-0.1, -0.05) is 33.8 Å². The van der Waals surface area contributed by atoms with Gasteiger partial charge in [0.05, 0.1) is 0 Å². The third-order valence-electron chi connectivity index (χ3n) is 4.36. The van der Waals surface area contributed by atoms with Crippen LogP contribution < -0.4 is 0 Å². The minimum absolute atomic E-state index is 0.844. The van der Waals surface area contributed by atoms with Gasteiger partial charge in [-0.2, -0.15) is 0 Å². The second-order valence-corrected chi connectivity index (χ2v) is 6.01. The number of hydrogen-bond acceptors (Lipinski definition) is 0. The number of hydrogen-bond donors (Lipinski definition) is 0. The molecular formula is C15H28. The topological polar surface area (TPSA) is 0 Å². The van der Waals surface area contributed by atoms with Crippen LogP contribution >= 0.6 is 0 Å². The lowest BCUT2D eigenvalue weighted by Crippen LogP contribution is -2.30. The molecule has 1 fully saturated rings. The second kappa shape index (κ2) is 5.72. The van der Waals surface area contributed by atoms with E-state index in [1.54, 1.807) is 0 Å². The SMILES string of the molecule is C=CCC1CCC(C(C)C)CC1C(C)C. The molecule has 3 atom stereocenters. The zero-order chi connectivity index (χ0) is 11.4. The Morgan fingerprint density at radius 2 is 1.80 bits per heavy atom. The van der Waals surface area contributed by atoms with Gasteiger partial charge in [0.1, 0.15) is 0 Å². The fourth-order valence-electron chi connectivity index (χ4n) is 3.23. The highest BCUT2D eigenvalue weighted by Crippen LogP contribution is 2.42. The maximum atomic E-state index is 3.90. The van der Waals surface area contributed by atoms with Gasteiger partial charge < -0.3 is 0 Å². The van der Waals surface area contributed by atoms with E-state index >= 15 is 0 Å². The van der Waals surface area contributed by atoms with Crippen molar-refractivity contribution in [1.29, 1.82) is 0 Å². The lowest BCUT2D eigenvalue weighted by Gasteiger charge is -2.39. The van der Waals surface area contributed by atoms with Gasteiger partial charge in [0, 0.05) is 0 Å². The Hall–Kier alpha value is -0.260. The molecule has 0 amide bonds. The Kier molecular flexibility index (Phi) is 4.89. The van der Waals surface area contributed by atoms with Crippen LogP contribution in [0.2, 0.25) is 0 Å². The summed E-state index contributed by atoms with van der Waals surface area (Å²) in [6.07, 6.45) is 7.67. The summed E-state index contributed by atoms with van der Waals surface area (Å²) in [5.41, 5.74) is 0. The first kappa shape index (κ1) is 12.8. The Balaban J connectivity index is 2.60. The second-order valence-electron chi connectivity index (χ2n) is 6.01. The molecule has 0 spiro atoms. The van der Waals surface area contributed by atoms with Crippen LogP contribution in [0.5, 0.6) is 0 Å². The van der Waals surface area contributed by atoms with E-state index in [1.807, 2.05) is 0 Å². The van der Waals surface area contributed by atoms with Crippen LogP contribution in [0, 0.1) is 29.6 Å². The molecule has 0 aromatic heterocycles. The summed E-state index contributed by atoms with van der Waals surface area (Å²) in [4.78, 5) is 0. The van der Waals surface area contributed by atoms with Crippen LogP contribution in [0.3, 0.4) is 0 Å². The molecule has 3 unspecified atom stereocenters. The van der Waals surface area contributed by atoms with Crippen LogP contribution in [-0.4, -0.2) is 0 Å². The monoisotopic (exact) mass is 208 g/mol. The summed E-state index contributed by atoms with van der Waals surface area (Å²) in [6, 6.07) is 0. The molecule has 0 bridgehead atoms. The van der Waals surface area contributed by atoms with Crippen LogP contribution in [0.25, 0.3) is 0 Å². The molecule has 0 heteroatoms. The van der Waals surface area contributed by atoms with Crippen LogP contribution in [-0.2, 0) is 0 Å². The molecule has 0 aromatic carbocycles. The highest BCUT2D eigenvalue weighted by atomic mass is 14.4. The molecule has 15 heavy (non-hydrogen) atoms. The van der Waals surface area contributed by atoms with Gasteiger partial charge in [0.2, 0.25) is 0 Å². The van der Waals surface area contributed by atoms with Gasteiger partial charge in [0.25, 0.3) is 0 Å². The molecule has 0 nitrogen and oxygen atoms in total. The summed E-state index contributed by atoms with van der Waals surface area (Å²) in [5.74, 6) is 4.53. The van der Waals surface area contributed by atoms with E-state index in [-0.39, 0.29) is 0 Å².